The Labute approximate surface area is 127 Å². The number of aromatic hydroxyl groups is 1. The smallest absolute Gasteiger partial charge is 0.166 e. The Morgan fingerprint density at radius 1 is 1.50 bits per heavy atom. The van der Waals surface area contributed by atoms with Crippen molar-refractivity contribution < 1.29 is 9.50 Å². The van der Waals surface area contributed by atoms with Gasteiger partial charge in [0.15, 0.2) is 11.6 Å². The minimum Gasteiger partial charge on any atom is -0.504 e. The largest absolute Gasteiger partial charge is 0.504 e. The van der Waals surface area contributed by atoms with E-state index in [0.717, 1.165) is 30.4 Å². The van der Waals surface area contributed by atoms with Crippen LogP contribution in [0.3, 0.4) is 0 Å². The van der Waals surface area contributed by atoms with Gasteiger partial charge < -0.3 is 10.8 Å². The van der Waals surface area contributed by atoms with Crippen LogP contribution in [-0.4, -0.2) is 11.1 Å². The molecule has 0 amide bonds. The third-order valence-electron chi connectivity index (χ3n) is 5.47. The van der Waals surface area contributed by atoms with E-state index in [1.165, 1.54) is 18.9 Å². The van der Waals surface area contributed by atoms with Crippen molar-refractivity contribution in [3.8, 4) is 5.75 Å². The molecule has 0 saturated heterocycles. The molecule has 3 atom stereocenters. The summed E-state index contributed by atoms with van der Waals surface area (Å²) in [6.07, 6.45) is 6.32. The van der Waals surface area contributed by atoms with Gasteiger partial charge in [0.2, 0.25) is 0 Å². The molecule has 0 unspecified atom stereocenters. The van der Waals surface area contributed by atoms with Crippen LogP contribution in [0.25, 0.3) is 0 Å². The highest BCUT2D eigenvalue weighted by Crippen LogP contribution is 2.55. The molecule has 2 aliphatic carbocycles. The topological polar surface area (TPSA) is 46.2 Å². The van der Waals surface area contributed by atoms with Gasteiger partial charge in [-0.25, -0.2) is 4.39 Å². The first kappa shape index (κ1) is 14.3. The van der Waals surface area contributed by atoms with Crippen molar-refractivity contribution in [2.75, 3.05) is 0 Å². The molecule has 1 aromatic carbocycles. The summed E-state index contributed by atoms with van der Waals surface area (Å²) in [4.78, 5) is 0. The maximum Gasteiger partial charge on any atom is 0.166 e. The van der Waals surface area contributed by atoms with Gasteiger partial charge in [-0.1, -0.05) is 19.8 Å². The molecule has 0 aliphatic heterocycles. The number of halogens is 2. The molecule has 3 rings (SSSR count). The molecule has 0 radical (unpaired) electrons. The van der Waals surface area contributed by atoms with Gasteiger partial charge >= 0.3 is 0 Å². The average Bonchev–Trinajstić information content (AvgIpc) is 2.44. The van der Waals surface area contributed by atoms with E-state index in [4.69, 9.17) is 5.73 Å². The average molecular weight is 342 g/mol. The second-order valence-electron chi connectivity index (χ2n) is 6.29. The summed E-state index contributed by atoms with van der Waals surface area (Å²) in [5.74, 6) is -0.366. The fraction of sp³-hybridized carbons (Fsp3) is 0.625. The fourth-order valence-electron chi connectivity index (χ4n) is 4.57. The Balaban J connectivity index is 2.26. The number of benzene rings is 1. The van der Waals surface area contributed by atoms with Gasteiger partial charge in [-0.05, 0) is 64.7 Å². The van der Waals surface area contributed by atoms with Crippen LogP contribution in [0.15, 0.2) is 10.5 Å². The lowest BCUT2D eigenvalue weighted by Gasteiger charge is -2.51. The molecule has 2 nitrogen and oxygen atoms in total. The monoisotopic (exact) mass is 341 g/mol. The summed E-state index contributed by atoms with van der Waals surface area (Å²) in [5.41, 5.74) is 8.49. The van der Waals surface area contributed by atoms with Gasteiger partial charge in [0.05, 0.1) is 4.47 Å². The highest BCUT2D eigenvalue weighted by Gasteiger charge is 2.49. The Morgan fingerprint density at radius 2 is 2.25 bits per heavy atom. The van der Waals surface area contributed by atoms with Crippen molar-refractivity contribution in [1.82, 2.24) is 0 Å². The summed E-state index contributed by atoms with van der Waals surface area (Å²) in [6.45, 7) is 2.19. The van der Waals surface area contributed by atoms with Gasteiger partial charge in [-0.15, -0.1) is 0 Å². The summed E-state index contributed by atoms with van der Waals surface area (Å²) in [6, 6.07) is 1.58. The van der Waals surface area contributed by atoms with Crippen molar-refractivity contribution in [1.29, 1.82) is 0 Å². The first-order valence-corrected chi connectivity index (χ1v) is 8.26. The molecule has 3 N–H and O–H groups in total. The second-order valence-corrected chi connectivity index (χ2v) is 7.08. The van der Waals surface area contributed by atoms with Crippen LogP contribution in [-0.2, 0) is 11.8 Å². The van der Waals surface area contributed by atoms with E-state index in [0.29, 0.717) is 16.8 Å². The Kier molecular flexibility index (Phi) is 3.57. The first-order valence-electron chi connectivity index (χ1n) is 7.47. The number of fused-ring (bicyclic) bond motifs is 3. The highest BCUT2D eigenvalue weighted by molar-refractivity contribution is 9.10. The van der Waals surface area contributed by atoms with E-state index in [1.807, 2.05) is 0 Å². The van der Waals surface area contributed by atoms with Crippen LogP contribution < -0.4 is 5.73 Å². The number of nitrogens with two attached hydrogens (primary N) is 1. The van der Waals surface area contributed by atoms with Crippen LogP contribution >= 0.6 is 15.9 Å². The zero-order chi connectivity index (χ0) is 14.5. The summed E-state index contributed by atoms with van der Waals surface area (Å²) in [5, 5.41) is 9.98. The van der Waals surface area contributed by atoms with Crippen molar-refractivity contribution in [3.63, 3.8) is 0 Å². The van der Waals surface area contributed by atoms with Gasteiger partial charge in [0, 0.05) is 11.5 Å². The molecule has 1 saturated carbocycles. The number of phenols is 1. The predicted molar refractivity (Wildman–Crippen MR) is 81.4 cm³/mol. The normalized spacial score (nSPS) is 32.6. The third-order valence-corrected chi connectivity index (χ3v) is 6.25. The summed E-state index contributed by atoms with van der Waals surface area (Å²) in [7, 11) is 0. The standard InChI is InChI=1S/C16H21BrFNO/c1-2-16-6-4-3-5-10(16)12(19)8-9-7-11(18)15(20)14(17)13(9)16/h7,10,12,20H,2-6,8,19H2,1H3/t10-,12+,16-/m1/s1. The van der Waals surface area contributed by atoms with Crippen LogP contribution in [0, 0.1) is 11.7 Å². The molecule has 20 heavy (non-hydrogen) atoms. The van der Waals surface area contributed by atoms with E-state index in [1.54, 1.807) is 0 Å². The van der Waals surface area contributed by atoms with Crippen molar-refractivity contribution in [3.05, 3.63) is 27.5 Å². The number of phenolic OH excluding ortho intramolecular Hbond substituents is 1. The quantitative estimate of drug-likeness (QED) is 0.810. The van der Waals surface area contributed by atoms with Gasteiger partial charge in [-0.2, -0.15) is 0 Å². The lowest BCUT2D eigenvalue weighted by atomic mass is 9.54. The Morgan fingerprint density at radius 3 is 2.95 bits per heavy atom. The zero-order valence-corrected chi connectivity index (χ0v) is 13.3. The highest BCUT2D eigenvalue weighted by atomic mass is 79.9. The number of hydrogen-bond acceptors (Lipinski definition) is 2. The molecule has 1 fully saturated rings. The summed E-state index contributed by atoms with van der Waals surface area (Å²) < 4.78 is 14.4. The van der Waals surface area contributed by atoms with Crippen LogP contribution in [0.4, 0.5) is 4.39 Å². The maximum atomic E-state index is 13.8. The Hall–Kier alpha value is -0.610. The number of hydrogen-bond donors (Lipinski definition) is 2. The predicted octanol–water partition coefficient (Wildman–Crippen LogP) is 4.02. The van der Waals surface area contributed by atoms with Gasteiger partial charge in [0.1, 0.15) is 0 Å². The molecular weight excluding hydrogens is 321 g/mol. The van der Waals surface area contributed by atoms with Crippen molar-refractivity contribution in [2.45, 2.75) is 56.9 Å². The van der Waals surface area contributed by atoms with Crippen molar-refractivity contribution in [2.24, 2.45) is 11.7 Å². The van der Waals surface area contributed by atoms with Crippen LogP contribution in [0.1, 0.15) is 50.2 Å². The zero-order valence-electron chi connectivity index (χ0n) is 11.8. The van der Waals surface area contributed by atoms with Crippen molar-refractivity contribution >= 4 is 15.9 Å². The third kappa shape index (κ3) is 1.84. The van der Waals surface area contributed by atoms with Gasteiger partial charge in [-0.3, -0.25) is 0 Å². The molecule has 0 spiro atoms. The molecule has 1 aromatic rings. The lowest BCUT2D eigenvalue weighted by molar-refractivity contribution is 0.132. The van der Waals surface area contributed by atoms with E-state index >= 15 is 0 Å². The van der Waals surface area contributed by atoms with Crippen LogP contribution in [0.2, 0.25) is 0 Å². The second kappa shape index (κ2) is 4.99. The minimum absolute atomic E-state index is 0.00470. The molecule has 0 aromatic heterocycles. The van der Waals surface area contributed by atoms with E-state index in [9.17, 15) is 9.50 Å². The minimum atomic E-state index is -0.552. The molecule has 0 heterocycles. The van der Waals surface area contributed by atoms with E-state index < -0.39 is 5.82 Å². The molecule has 2 aliphatic rings. The van der Waals surface area contributed by atoms with E-state index in [-0.39, 0.29) is 17.2 Å². The molecule has 0 bridgehead atoms. The van der Waals surface area contributed by atoms with Crippen LogP contribution in [0.5, 0.6) is 5.75 Å². The first-order chi connectivity index (χ1) is 9.51. The molecule has 110 valence electrons. The van der Waals surface area contributed by atoms with E-state index in [2.05, 4.69) is 22.9 Å². The fourth-order valence-corrected chi connectivity index (χ4v) is 5.41. The maximum absolute atomic E-state index is 13.8. The number of rotatable bonds is 1. The molecule has 4 heteroatoms. The lowest BCUT2D eigenvalue weighted by Crippen LogP contribution is -2.52. The molecular formula is C16H21BrFNO. The van der Waals surface area contributed by atoms with Gasteiger partial charge in [0.25, 0.3) is 0 Å². The Bertz CT molecular complexity index is 548. The summed E-state index contributed by atoms with van der Waals surface area (Å²) >= 11 is 3.44. The SMILES string of the molecule is CC[C@@]12CCCC[C@@H]1[C@@H](N)Cc1cc(F)c(O)c(Br)c12.